The first-order valence-corrected chi connectivity index (χ1v) is 8.55. The topological polar surface area (TPSA) is 59.6 Å². The lowest BCUT2D eigenvalue weighted by molar-refractivity contribution is -0.124. The van der Waals surface area contributed by atoms with Gasteiger partial charge in [-0.3, -0.25) is 4.79 Å². The summed E-state index contributed by atoms with van der Waals surface area (Å²) in [7, 11) is 1.68. The molecule has 2 aromatic carbocycles. The number of rotatable bonds is 8. The molecule has 6 heteroatoms. The molecule has 2 N–H and O–H groups in total. The Balaban J connectivity index is 0.00000338. The lowest BCUT2D eigenvalue weighted by Crippen LogP contribution is -2.43. The van der Waals surface area contributed by atoms with Crippen LogP contribution in [0.2, 0.25) is 0 Å². The fourth-order valence-electron chi connectivity index (χ4n) is 2.62. The average molecular weight is 381 g/mol. The summed E-state index contributed by atoms with van der Waals surface area (Å²) in [5.41, 5.74) is 0.784. The van der Waals surface area contributed by atoms with Crippen molar-refractivity contribution in [3.8, 4) is 5.75 Å². The van der Waals surface area contributed by atoms with Crippen molar-refractivity contribution in [2.24, 2.45) is 0 Å². The summed E-state index contributed by atoms with van der Waals surface area (Å²) in [4.78, 5) is 12.0. The number of amides is 1. The highest BCUT2D eigenvalue weighted by atomic mass is 35.5. The first-order valence-electron chi connectivity index (χ1n) is 8.55. The van der Waals surface area contributed by atoms with Gasteiger partial charge in [-0.1, -0.05) is 30.3 Å². The van der Waals surface area contributed by atoms with Gasteiger partial charge in [-0.2, -0.15) is 0 Å². The molecule has 0 saturated heterocycles. The molecule has 0 radical (unpaired) electrons. The summed E-state index contributed by atoms with van der Waals surface area (Å²) in [5, 5.41) is 8.54. The summed E-state index contributed by atoms with van der Waals surface area (Å²) in [6.45, 7) is 7.91. The molecular weight excluding hydrogens is 352 g/mol. The van der Waals surface area contributed by atoms with Gasteiger partial charge in [0, 0.05) is 31.3 Å². The van der Waals surface area contributed by atoms with Crippen LogP contribution in [0.15, 0.2) is 36.4 Å². The van der Waals surface area contributed by atoms with Crippen LogP contribution < -0.4 is 15.4 Å². The van der Waals surface area contributed by atoms with Gasteiger partial charge >= 0.3 is 0 Å². The predicted octanol–water partition coefficient (Wildman–Crippen LogP) is 3.29. The summed E-state index contributed by atoms with van der Waals surface area (Å²) in [6, 6.07) is 12.1. The van der Waals surface area contributed by atoms with Gasteiger partial charge in [0.25, 0.3) is 5.91 Å². The number of carbonyl (C=O) groups is 1. The number of halogens is 1. The number of methoxy groups -OCH3 is 1. The molecule has 0 unspecified atom stereocenters. The van der Waals surface area contributed by atoms with Crippen LogP contribution in [0, 0.1) is 0 Å². The van der Waals surface area contributed by atoms with Gasteiger partial charge in [0.15, 0.2) is 6.61 Å². The van der Waals surface area contributed by atoms with Crippen LogP contribution in [-0.4, -0.2) is 38.3 Å². The number of nitrogens with one attached hydrogen (secondary N) is 2. The number of hydrogen-bond acceptors (Lipinski definition) is 4. The second-order valence-corrected chi connectivity index (χ2v) is 7.02. The quantitative estimate of drug-likeness (QED) is 0.690. The van der Waals surface area contributed by atoms with Gasteiger partial charge in [0.2, 0.25) is 0 Å². The molecule has 0 saturated carbocycles. The van der Waals surface area contributed by atoms with E-state index in [1.54, 1.807) is 7.11 Å². The van der Waals surface area contributed by atoms with Crippen molar-refractivity contribution < 1.29 is 14.3 Å². The van der Waals surface area contributed by atoms with Crippen molar-refractivity contribution in [3.63, 3.8) is 0 Å². The van der Waals surface area contributed by atoms with Crippen LogP contribution in [0.3, 0.4) is 0 Å². The van der Waals surface area contributed by atoms with Gasteiger partial charge in [-0.25, -0.2) is 0 Å². The number of benzene rings is 2. The molecule has 144 valence electrons. The number of hydrogen-bond donors (Lipinski definition) is 2. The maximum atomic E-state index is 12.0. The normalized spacial score (nSPS) is 11.1. The van der Waals surface area contributed by atoms with Gasteiger partial charge in [0.1, 0.15) is 5.75 Å². The SMILES string of the molecule is COCCNCc1c(OCC(=O)NC(C)(C)C)ccc2ccccc12.Cl. The Kier molecular flexibility index (Phi) is 8.85. The predicted molar refractivity (Wildman–Crippen MR) is 108 cm³/mol. The highest BCUT2D eigenvalue weighted by Crippen LogP contribution is 2.28. The molecular formula is C20H29ClN2O3. The van der Waals surface area contributed by atoms with E-state index in [4.69, 9.17) is 9.47 Å². The molecule has 0 fully saturated rings. The van der Waals surface area contributed by atoms with E-state index < -0.39 is 0 Å². The third-order valence-corrected chi connectivity index (χ3v) is 3.66. The van der Waals surface area contributed by atoms with Crippen LogP contribution in [0.1, 0.15) is 26.3 Å². The van der Waals surface area contributed by atoms with E-state index in [1.807, 2.05) is 45.0 Å². The molecule has 0 aliphatic heterocycles. The zero-order valence-corrected chi connectivity index (χ0v) is 16.7. The summed E-state index contributed by atoms with van der Waals surface area (Å²) < 4.78 is 10.9. The van der Waals surface area contributed by atoms with E-state index in [0.717, 1.165) is 28.6 Å². The Hall–Kier alpha value is -1.82. The molecule has 0 atom stereocenters. The Bertz CT molecular complexity index is 714. The fourth-order valence-corrected chi connectivity index (χ4v) is 2.62. The second kappa shape index (κ2) is 10.4. The Morgan fingerprint density at radius 1 is 1.12 bits per heavy atom. The van der Waals surface area contributed by atoms with Crippen molar-refractivity contribution in [2.45, 2.75) is 32.9 Å². The van der Waals surface area contributed by atoms with Crippen LogP contribution in [0.4, 0.5) is 0 Å². The minimum atomic E-state index is -0.269. The Labute approximate surface area is 161 Å². The maximum absolute atomic E-state index is 12.0. The maximum Gasteiger partial charge on any atom is 0.258 e. The Morgan fingerprint density at radius 3 is 2.54 bits per heavy atom. The molecule has 2 aromatic rings. The molecule has 1 amide bonds. The van der Waals surface area contributed by atoms with Crippen molar-refractivity contribution in [1.82, 2.24) is 10.6 Å². The summed E-state index contributed by atoms with van der Waals surface area (Å²) in [6.07, 6.45) is 0. The van der Waals surface area contributed by atoms with Gasteiger partial charge in [0.05, 0.1) is 6.61 Å². The van der Waals surface area contributed by atoms with E-state index in [9.17, 15) is 4.79 Å². The molecule has 0 bridgehead atoms. The third-order valence-electron chi connectivity index (χ3n) is 3.66. The van der Waals surface area contributed by atoms with Crippen molar-refractivity contribution >= 4 is 29.1 Å². The van der Waals surface area contributed by atoms with E-state index in [0.29, 0.717) is 13.2 Å². The van der Waals surface area contributed by atoms with Crippen LogP contribution in [0.25, 0.3) is 10.8 Å². The van der Waals surface area contributed by atoms with Crippen LogP contribution in [-0.2, 0) is 16.1 Å². The molecule has 0 spiro atoms. The van der Waals surface area contributed by atoms with E-state index in [2.05, 4.69) is 22.8 Å². The molecule has 0 aliphatic carbocycles. The zero-order chi connectivity index (χ0) is 18.3. The number of ether oxygens (including phenoxy) is 2. The third kappa shape index (κ3) is 6.83. The van der Waals surface area contributed by atoms with Crippen LogP contribution >= 0.6 is 12.4 Å². The van der Waals surface area contributed by atoms with Gasteiger partial charge in [-0.15, -0.1) is 12.4 Å². The zero-order valence-electron chi connectivity index (χ0n) is 15.9. The minimum Gasteiger partial charge on any atom is -0.483 e. The first kappa shape index (κ1) is 22.2. The highest BCUT2D eigenvalue weighted by molar-refractivity contribution is 5.88. The van der Waals surface area contributed by atoms with Crippen LogP contribution in [0.5, 0.6) is 5.75 Å². The molecule has 26 heavy (non-hydrogen) atoms. The number of fused-ring (bicyclic) bond motifs is 1. The second-order valence-electron chi connectivity index (χ2n) is 7.02. The van der Waals surface area contributed by atoms with Crippen molar-refractivity contribution in [1.29, 1.82) is 0 Å². The molecule has 0 aliphatic rings. The standard InChI is InChI=1S/C20H28N2O3.ClH/c1-20(2,3)22-19(23)14-25-18-10-9-15-7-5-6-8-16(15)17(18)13-21-11-12-24-4;/h5-10,21H,11-14H2,1-4H3,(H,22,23);1H. The molecule has 2 rings (SSSR count). The van der Waals surface area contributed by atoms with Gasteiger partial charge < -0.3 is 20.1 Å². The largest absolute Gasteiger partial charge is 0.483 e. The number of carbonyl (C=O) groups excluding carboxylic acids is 1. The minimum absolute atomic E-state index is 0. The monoisotopic (exact) mass is 380 g/mol. The molecule has 5 nitrogen and oxygen atoms in total. The lowest BCUT2D eigenvalue weighted by atomic mass is 10.0. The first-order chi connectivity index (χ1) is 11.9. The van der Waals surface area contributed by atoms with Crippen molar-refractivity contribution in [2.75, 3.05) is 26.9 Å². The lowest BCUT2D eigenvalue weighted by Gasteiger charge is -2.21. The summed E-state index contributed by atoms with van der Waals surface area (Å²) >= 11 is 0. The van der Waals surface area contributed by atoms with Crippen molar-refractivity contribution in [3.05, 3.63) is 42.0 Å². The fraction of sp³-hybridized carbons (Fsp3) is 0.450. The van der Waals surface area contributed by atoms with E-state index in [-0.39, 0.29) is 30.5 Å². The summed E-state index contributed by atoms with van der Waals surface area (Å²) in [5.74, 6) is 0.603. The average Bonchev–Trinajstić information content (AvgIpc) is 2.56. The highest BCUT2D eigenvalue weighted by Gasteiger charge is 2.15. The molecule has 0 heterocycles. The smallest absolute Gasteiger partial charge is 0.258 e. The van der Waals surface area contributed by atoms with E-state index >= 15 is 0 Å². The molecule has 0 aromatic heterocycles. The van der Waals surface area contributed by atoms with Gasteiger partial charge in [-0.05, 0) is 37.6 Å². The van der Waals surface area contributed by atoms with E-state index in [1.165, 1.54) is 0 Å². The Morgan fingerprint density at radius 2 is 1.85 bits per heavy atom.